The van der Waals surface area contributed by atoms with Crippen LogP contribution >= 0.6 is 24.0 Å². The molecule has 1 heterocycles. The van der Waals surface area contributed by atoms with E-state index in [4.69, 9.17) is 11.6 Å². The van der Waals surface area contributed by atoms with Crippen molar-refractivity contribution in [2.75, 3.05) is 12.4 Å². The first-order valence-electron chi connectivity index (χ1n) is 4.07. The fraction of sp³-hybridized carbons (Fsp3) is 1.00. The van der Waals surface area contributed by atoms with Crippen LogP contribution in [-0.2, 0) is 0 Å². The van der Waals surface area contributed by atoms with E-state index in [1.54, 1.807) is 0 Å². The van der Waals surface area contributed by atoms with Gasteiger partial charge in [0, 0.05) is 24.5 Å². The number of nitrogens with zero attached hydrogens (tertiary/aromatic N) is 1. The SMILES string of the molecule is C[C@@H]1CC[C@@H](C)N1CCCl.Cl. The van der Waals surface area contributed by atoms with Gasteiger partial charge in [0.2, 0.25) is 0 Å². The summed E-state index contributed by atoms with van der Waals surface area (Å²) in [5, 5.41) is 0. The third-order valence-corrected chi connectivity index (χ3v) is 2.65. The summed E-state index contributed by atoms with van der Waals surface area (Å²) in [5.74, 6) is 0.773. The number of hydrogen-bond acceptors (Lipinski definition) is 1. The van der Waals surface area contributed by atoms with Gasteiger partial charge in [-0.3, -0.25) is 4.90 Å². The molecule has 3 heteroatoms. The highest BCUT2D eigenvalue weighted by molar-refractivity contribution is 6.18. The predicted molar refractivity (Wildman–Crippen MR) is 52.8 cm³/mol. The highest BCUT2D eigenvalue weighted by Gasteiger charge is 2.25. The molecule has 0 radical (unpaired) electrons. The summed E-state index contributed by atoms with van der Waals surface area (Å²) in [6.45, 7) is 5.63. The molecule has 1 saturated heterocycles. The lowest BCUT2D eigenvalue weighted by Crippen LogP contribution is -2.34. The van der Waals surface area contributed by atoms with Crippen LogP contribution in [0.15, 0.2) is 0 Å². The second-order valence-electron chi connectivity index (χ2n) is 3.20. The fourth-order valence-corrected chi connectivity index (χ4v) is 1.98. The summed E-state index contributed by atoms with van der Waals surface area (Å²) in [6, 6.07) is 1.52. The Kier molecular flexibility index (Phi) is 5.49. The van der Waals surface area contributed by atoms with Gasteiger partial charge >= 0.3 is 0 Å². The van der Waals surface area contributed by atoms with Crippen molar-refractivity contribution in [3.8, 4) is 0 Å². The molecule has 1 aliphatic heterocycles. The quantitative estimate of drug-likeness (QED) is 0.616. The summed E-state index contributed by atoms with van der Waals surface area (Å²) in [4.78, 5) is 2.49. The molecule has 11 heavy (non-hydrogen) atoms. The molecule has 1 nitrogen and oxygen atoms in total. The monoisotopic (exact) mass is 197 g/mol. The molecular weight excluding hydrogens is 181 g/mol. The molecule has 1 rings (SSSR count). The number of hydrogen-bond donors (Lipinski definition) is 0. The largest absolute Gasteiger partial charge is 0.297 e. The molecule has 0 aromatic rings. The van der Waals surface area contributed by atoms with Crippen molar-refractivity contribution < 1.29 is 0 Å². The number of halogens is 2. The summed E-state index contributed by atoms with van der Waals surface area (Å²) in [7, 11) is 0. The van der Waals surface area contributed by atoms with Crippen molar-refractivity contribution in [2.45, 2.75) is 38.8 Å². The van der Waals surface area contributed by atoms with E-state index in [1.165, 1.54) is 12.8 Å². The molecule has 1 fully saturated rings. The Hall–Kier alpha value is 0.540. The number of alkyl halides is 1. The van der Waals surface area contributed by atoms with Crippen LogP contribution in [0.1, 0.15) is 26.7 Å². The van der Waals surface area contributed by atoms with Crippen LogP contribution in [-0.4, -0.2) is 29.4 Å². The molecule has 0 amide bonds. The van der Waals surface area contributed by atoms with Crippen molar-refractivity contribution in [3.05, 3.63) is 0 Å². The van der Waals surface area contributed by atoms with E-state index in [2.05, 4.69) is 18.7 Å². The molecule has 0 spiro atoms. The van der Waals surface area contributed by atoms with E-state index >= 15 is 0 Å². The maximum Gasteiger partial charge on any atom is 0.0351 e. The van der Waals surface area contributed by atoms with Crippen LogP contribution in [0.3, 0.4) is 0 Å². The topological polar surface area (TPSA) is 3.24 Å². The van der Waals surface area contributed by atoms with Gasteiger partial charge in [0.1, 0.15) is 0 Å². The molecule has 0 aliphatic carbocycles. The maximum atomic E-state index is 5.67. The van der Waals surface area contributed by atoms with Gasteiger partial charge in [0.05, 0.1) is 0 Å². The summed E-state index contributed by atoms with van der Waals surface area (Å²) in [5.41, 5.74) is 0. The highest BCUT2D eigenvalue weighted by Crippen LogP contribution is 2.22. The van der Waals surface area contributed by atoms with Gasteiger partial charge in [-0.2, -0.15) is 0 Å². The van der Waals surface area contributed by atoms with E-state index in [1.807, 2.05) is 0 Å². The second-order valence-corrected chi connectivity index (χ2v) is 3.58. The minimum atomic E-state index is 0. The van der Waals surface area contributed by atoms with Crippen LogP contribution in [0, 0.1) is 0 Å². The van der Waals surface area contributed by atoms with E-state index in [0.29, 0.717) is 0 Å². The maximum absolute atomic E-state index is 5.67. The summed E-state index contributed by atoms with van der Waals surface area (Å²) in [6.07, 6.45) is 2.69. The molecule has 1 aliphatic rings. The average Bonchev–Trinajstić information content (AvgIpc) is 2.20. The van der Waals surface area contributed by atoms with E-state index in [0.717, 1.165) is 24.5 Å². The van der Waals surface area contributed by atoms with E-state index in [9.17, 15) is 0 Å². The third-order valence-electron chi connectivity index (χ3n) is 2.48. The predicted octanol–water partition coefficient (Wildman–Crippen LogP) is 2.52. The van der Waals surface area contributed by atoms with Crippen LogP contribution in [0.2, 0.25) is 0 Å². The second kappa shape index (κ2) is 5.23. The Bertz CT molecular complexity index is 98.3. The Morgan fingerprint density at radius 3 is 2.09 bits per heavy atom. The standard InChI is InChI=1S/C8H16ClN.ClH/c1-7-3-4-8(2)10(7)6-5-9;/h7-8H,3-6H2,1-2H3;1H/t7-,8-;/m1./s1. The van der Waals surface area contributed by atoms with Crippen molar-refractivity contribution in [2.24, 2.45) is 0 Å². The Labute approximate surface area is 80.5 Å². The summed E-state index contributed by atoms with van der Waals surface area (Å²) < 4.78 is 0. The zero-order chi connectivity index (χ0) is 7.56. The Morgan fingerprint density at radius 2 is 1.73 bits per heavy atom. The minimum Gasteiger partial charge on any atom is -0.297 e. The first kappa shape index (κ1) is 11.5. The third kappa shape index (κ3) is 2.81. The van der Waals surface area contributed by atoms with Gasteiger partial charge in [-0.05, 0) is 26.7 Å². The van der Waals surface area contributed by atoms with Crippen LogP contribution < -0.4 is 0 Å². The van der Waals surface area contributed by atoms with E-state index in [-0.39, 0.29) is 12.4 Å². The van der Waals surface area contributed by atoms with Crippen molar-refractivity contribution in [1.82, 2.24) is 4.90 Å². The summed E-state index contributed by atoms with van der Waals surface area (Å²) >= 11 is 5.67. The normalized spacial score (nSPS) is 31.9. The van der Waals surface area contributed by atoms with E-state index < -0.39 is 0 Å². The number of rotatable bonds is 2. The molecule has 0 bridgehead atoms. The lowest BCUT2D eigenvalue weighted by atomic mass is 10.2. The molecule has 0 saturated carbocycles. The fourth-order valence-electron chi connectivity index (χ4n) is 1.79. The van der Waals surface area contributed by atoms with Crippen LogP contribution in [0.25, 0.3) is 0 Å². The molecule has 0 N–H and O–H groups in total. The molecule has 0 aromatic carbocycles. The van der Waals surface area contributed by atoms with Gasteiger partial charge < -0.3 is 0 Å². The van der Waals surface area contributed by atoms with Crippen LogP contribution in [0.4, 0.5) is 0 Å². The smallest absolute Gasteiger partial charge is 0.0351 e. The number of likely N-dealkylation sites (tertiary alicyclic amines) is 1. The molecule has 0 unspecified atom stereocenters. The zero-order valence-corrected chi connectivity index (χ0v) is 8.79. The minimum absolute atomic E-state index is 0. The van der Waals surface area contributed by atoms with Crippen LogP contribution in [0.5, 0.6) is 0 Å². The zero-order valence-electron chi connectivity index (χ0n) is 7.22. The molecule has 68 valence electrons. The lowest BCUT2D eigenvalue weighted by Gasteiger charge is -2.24. The molecule has 0 aromatic heterocycles. The Balaban J connectivity index is 0.000001000. The first-order chi connectivity index (χ1) is 4.75. The van der Waals surface area contributed by atoms with Crippen molar-refractivity contribution in [1.29, 1.82) is 0 Å². The molecule has 2 atom stereocenters. The average molecular weight is 198 g/mol. The van der Waals surface area contributed by atoms with Gasteiger partial charge in [0.15, 0.2) is 0 Å². The van der Waals surface area contributed by atoms with Gasteiger partial charge in [-0.25, -0.2) is 0 Å². The first-order valence-corrected chi connectivity index (χ1v) is 4.61. The van der Waals surface area contributed by atoms with Gasteiger partial charge in [-0.1, -0.05) is 0 Å². The highest BCUT2D eigenvalue weighted by atomic mass is 35.5. The molecular formula is C8H17Cl2N. The lowest BCUT2D eigenvalue weighted by molar-refractivity contribution is 0.228. The van der Waals surface area contributed by atoms with Gasteiger partial charge in [-0.15, -0.1) is 24.0 Å². The van der Waals surface area contributed by atoms with Crippen molar-refractivity contribution >= 4 is 24.0 Å². The Morgan fingerprint density at radius 1 is 1.27 bits per heavy atom. The van der Waals surface area contributed by atoms with Gasteiger partial charge in [0.25, 0.3) is 0 Å². The van der Waals surface area contributed by atoms with Crippen molar-refractivity contribution in [3.63, 3.8) is 0 Å².